The predicted molar refractivity (Wildman–Crippen MR) is 76.1 cm³/mol. The first-order chi connectivity index (χ1) is 9.65. The minimum absolute atomic E-state index is 0.116. The summed E-state index contributed by atoms with van der Waals surface area (Å²) in [5, 5.41) is 9.76. The number of amides is 2. The fourth-order valence-electron chi connectivity index (χ4n) is 1.88. The van der Waals surface area contributed by atoms with E-state index in [1.165, 1.54) is 0 Å². The third-order valence-corrected chi connectivity index (χ3v) is 2.94. The fraction of sp³-hybridized carbons (Fsp3) is 0.357. The van der Waals surface area contributed by atoms with Crippen LogP contribution in [-0.4, -0.2) is 27.3 Å². The number of urea groups is 1. The van der Waals surface area contributed by atoms with Gasteiger partial charge in [0, 0.05) is 26.0 Å². The van der Waals surface area contributed by atoms with Crippen LogP contribution in [0.15, 0.2) is 36.8 Å². The van der Waals surface area contributed by atoms with Crippen molar-refractivity contribution in [1.29, 1.82) is 0 Å². The van der Waals surface area contributed by atoms with Crippen LogP contribution in [0, 0.1) is 0 Å². The summed E-state index contributed by atoms with van der Waals surface area (Å²) in [6.07, 6.45) is 6.22. The van der Waals surface area contributed by atoms with Crippen LogP contribution < -0.4 is 10.6 Å². The Bertz CT molecular complexity index is 552. The lowest BCUT2D eigenvalue weighted by Gasteiger charge is -2.13. The van der Waals surface area contributed by atoms with Crippen LogP contribution >= 0.6 is 0 Å². The van der Waals surface area contributed by atoms with E-state index in [1.54, 1.807) is 17.1 Å². The van der Waals surface area contributed by atoms with Crippen LogP contribution in [0.4, 0.5) is 4.79 Å². The summed E-state index contributed by atoms with van der Waals surface area (Å²) in [6, 6.07) is 5.34. The maximum Gasteiger partial charge on any atom is 0.315 e. The summed E-state index contributed by atoms with van der Waals surface area (Å²) in [4.78, 5) is 16.0. The Morgan fingerprint density at radius 1 is 1.45 bits per heavy atom. The SMILES string of the molecule is C[C@@H](NC(=O)NCCc1cnn(C)c1)c1ccccn1. The fourth-order valence-corrected chi connectivity index (χ4v) is 1.88. The number of carbonyl (C=O) groups is 1. The van der Waals surface area contributed by atoms with Crippen molar-refractivity contribution in [3.8, 4) is 0 Å². The Hall–Kier alpha value is -2.37. The van der Waals surface area contributed by atoms with Crippen LogP contribution in [0.25, 0.3) is 0 Å². The van der Waals surface area contributed by atoms with Crippen molar-refractivity contribution in [2.24, 2.45) is 7.05 Å². The lowest BCUT2D eigenvalue weighted by atomic mass is 10.2. The molecule has 2 amide bonds. The zero-order chi connectivity index (χ0) is 14.4. The number of rotatable bonds is 5. The second kappa shape index (κ2) is 6.70. The molecule has 0 aliphatic heterocycles. The maximum absolute atomic E-state index is 11.8. The van der Waals surface area contributed by atoms with Crippen molar-refractivity contribution in [2.45, 2.75) is 19.4 Å². The number of nitrogens with one attached hydrogen (secondary N) is 2. The first kappa shape index (κ1) is 14.0. The van der Waals surface area contributed by atoms with Crippen molar-refractivity contribution >= 4 is 6.03 Å². The number of pyridine rings is 1. The molecule has 2 aromatic heterocycles. The van der Waals surface area contributed by atoms with Gasteiger partial charge in [0.25, 0.3) is 0 Å². The molecule has 1 atom stereocenters. The van der Waals surface area contributed by atoms with Gasteiger partial charge in [-0.05, 0) is 31.0 Å². The number of carbonyl (C=O) groups excluding carboxylic acids is 1. The molecule has 2 N–H and O–H groups in total. The molecule has 6 nitrogen and oxygen atoms in total. The van der Waals surface area contributed by atoms with Crippen molar-refractivity contribution in [2.75, 3.05) is 6.54 Å². The van der Waals surface area contributed by atoms with Gasteiger partial charge in [-0.15, -0.1) is 0 Å². The van der Waals surface area contributed by atoms with Crippen LogP contribution in [0.3, 0.4) is 0 Å². The first-order valence-corrected chi connectivity index (χ1v) is 6.58. The number of aromatic nitrogens is 3. The normalized spacial score (nSPS) is 11.9. The second-order valence-corrected chi connectivity index (χ2v) is 4.65. The van der Waals surface area contributed by atoms with Gasteiger partial charge in [0.1, 0.15) is 0 Å². The molecule has 0 bridgehead atoms. The van der Waals surface area contributed by atoms with E-state index in [4.69, 9.17) is 0 Å². The maximum atomic E-state index is 11.8. The van der Waals surface area contributed by atoms with E-state index in [0.29, 0.717) is 6.54 Å². The molecular weight excluding hydrogens is 254 g/mol. The Labute approximate surface area is 118 Å². The molecule has 2 heterocycles. The van der Waals surface area contributed by atoms with Crippen molar-refractivity contribution < 1.29 is 4.79 Å². The quantitative estimate of drug-likeness (QED) is 0.865. The van der Waals surface area contributed by atoms with E-state index in [2.05, 4.69) is 20.7 Å². The van der Waals surface area contributed by atoms with Gasteiger partial charge in [-0.3, -0.25) is 9.67 Å². The molecular formula is C14H19N5O. The summed E-state index contributed by atoms with van der Waals surface area (Å²) in [5.74, 6) is 0. The molecule has 0 fully saturated rings. The number of aryl methyl sites for hydroxylation is 1. The van der Waals surface area contributed by atoms with Crippen LogP contribution in [0.1, 0.15) is 24.2 Å². The Balaban J connectivity index is 1.73. The Kier molecular flexibility index (Phi) is 4.70. The molecule has 0 saturated carbocycles. The van der Waals surface area contributed by atoms with Crippen LogP contribution in [0.5, 0.6) is 0 Å². The molecule has 0 aliphatic rings. The molecule has 20 heavy (non-hydrogen) atoms. The monoisotopic (exact) mass is 273 g/mol. The first-order valence-electron chi connectivity index (χ1n) is 6.58. The minimum atomic E-state index is -0.188. The smallest absolute Gasteiger partial charge is 0.315 e. The molecule has 2 aromatic rings. The predicted octanol–water partition coefficient (Wildman–Crippen LogP) is 1.42. The van der Waals surface area contributed by atoms with E-state index >= 15 is 0 Å². The summed E-state index contributed by atoms with van der Waals surface area (Å²) >= 11 is 0. The zero-order valence-corrected chi connectivity index (χ0v) is 11.7. The number of hydrogen-bond acceptors (Lipinski definition) is 3. The third kappa shape index (κ3) is 4.08. The molecule has 0 radical (unpaired) electrons. The molecule has 0 aliphatic carbocycles. The highest BCUT2D eigenvalue weighted by Gasteiger charge is 2.09. The molecule has 0 aromatic carbocycles. The van der Waals surface area contributed by atoms with E-state index < -0.39 is 0 Å². The second-order valence-electron chi connectivity index (χ2n) is 4.65. The summed E-state index contributed by atoms with van der Waals surface area (Å²) in [5.41, 5.74) is 1.94. The van der Waals surface area contributed by atoms with Crippen molar-refractivity contribution in [1.82, 2.24) is 25.4 Å². The van der Waals surface area contributed by atoms with Gasteiger partial charge in [0.05, 0.1) is 17.9 Å². The lowest BCUT2D eigenvalue weighted by Crippen LogP contribution is -2.38. The molecule has 0 spiro atoms. The van der Waals surface area contributed by atoms with E-state index in [9.17, 15) is 4.79 Å². The third-order valence-electron chi connectivity index (χ3n) is 2.94. The highest BCUT2D eigenvalue weighted by atomic mass is 16.2. The van der Waals surface area contributed by atoms with E-state index in [-0.39, 0.29) is 12.1 Å². The van der Waals surface area contributed by atoms with Crippen molar-refractivity contribution in [3.05, 3.63) is 48.0 Å². The van der Waals surface area contributed by atoms with Gasteiger partial charge >= 0.3 is 6.03 Å². The molecule has 0 unspecified atom stereocenters. The minimum Gasteiger partial charge on any atom is -0.338 e. The largest absolute Gasteiger partial charge is 0.338 e. The van der Waals surface area contributed by atoms with E-state index in [0.717, 1.165) is 17.7 Å². The Morgan fingerprint density at radius 2 is 2.30 bits per heavy atom. The summed E-state index contributed by atoms with van der Waals surface area (Å²) < 4.78 is 1.75. The lowest BCUT2D eigenvalue weighted by molar-refractivity contribution is 0.238. The van der Waals surface area contributed by atoms with Gasteiger partial charge in [0.2, 0.25) is 0 Å². The topological polar surface area (TPSA) is 71.8 Å². The van der Waals surface area contributed by atoms with Gasteiger partial charge in [-0.2, -0.15) is 5.10 Å². The highest BCUT2D eigenvalue weighted by molar-refractivity contribution is 5.74. The summed E-state index contributed by atoms with van der Waals surface area (Å²) in [7, 11) is 1.87. The van der Waals surface area contributed by atoms with Crippen LogP contribution in [-0.2, 0) is 13.5 Å². The molecule has 2 rings (SSSR count). The molecule has 106 valence electrons. The number of hydrogen-bond donors (Lipinski definition) is 2. The van der Waals surface area contributed by atoms with Crippen molar-refractivity contribution in [3.63, 3.8) is 0 Å². The Morgan fingerprint density at radius 3 is 2.95 bits per heavy atom. The van der Waals surface area contributed by atoms with Gasteiger partial charge < -0.3 is 10.6 Å². The zero-order valence-electron chi connectivity index (χ0n) is 11.7. The number of nitrogens with zero attached hydrogens (tertiary/aromatic N) is 3. The highest BCUT2D eigenvalue weighted by Crippen LogP contribution is 2.07. The average molecular weight is 273 g/mol. The van der Waals surface area contributed by atoms with Gasteiger partial charge in [0.15, 0.2) is 0 Å². The summed E-state index contributed by atoms with van der Waals surface area (Å²) in [6.45, 7) is 2.48. The van der Waals surface area contributed by atoms with Crippen LogP contribution in [0.2, 0.25) is 0 Å². The van der Waals surface area contributed by atoms with Gasteiger partial charge in [-0.1, -0.05) is 6.07 Å². The standard InChI is InChI=1S/C14H19N5O/c1-11(13-5-3-4-7-15-13)18-14(20)16-8-6-12-9-17-19(2)10-12/h3-5,7,9-11H,6,8H2,1-2H3,(H2,16,18,20)/t11-/m1/s1. The van der Waals surface area contributed by atoms with Gasteiger partial charge in [-0.25, -0.2) is 4.79 Å². The molecule has 0 saturated heterocycles. The molecule has 6 heteroatoms. The van der Waals surface area contributed by atoms with E-state index in [1.807, 2.05) is 38.4 Å². The average Bonchev–Trinajstić information content (AvgIpc) is 2.85.